The second kappa shape index (κ2) is 7.93. The Kier molecular flexibility index (Phi) is 5.03. The average molecular weight is 359 g/mol. The van der Waals surface area contributed by atoms with E-state index < -0.39 is 6.10 Å². The van der Waals surface area contributed by atoms with Gasteiger partial charge in [-0.1, -0.05) is 42.5 Å². The molecule has 4 rings (SSSR count). The third-order valence-electron chi connectivity index (χ3n) is 4.32. The lowest BCUT2D eigenvalue weighted by Crippen LogP contribution is -2.26. The molecule has 136 valence electrons. The van der Waals surface area contributed by atoms with Gasteiger partial charge in [0.1, 0.15) is 18.5 Å². The molecule has 0 amide bonds. The number of ether oxygens (including phenoxy) is 1. The first-order valence-electron chi connectivity index (χ1n) is 8.93. The van der Waals surface area contributed by atoms with Crippen molar-refractivity contribution in [3.05, 3.63) is 85.1 Å². The Balaban J connectivity index is 1.44. The van der Waals surface area contributed by atoms with Crippen LogP contribution in [0, 0.1) is 0 Å². The van der Waals surface area contributed by atoms with Crippen molar-refractivity contribution in [2.45, 2.75) is 6.10 Å². The van der Waals surface area contributed by atoms with E-state index in [2.05, 4.69) is 10.4 Å². The van der Waals surface area contributed by atoms with Gasteiger partial charge in [-0.2, -0.15) is 5.10 Å². The zero-order chi connectivity index (χ0) is 18.5. The minimum Gasteiger partial charge on any atom is -0.490 e. The van der Waals surface area contributed by atoms with Gasteiger partial charge in [0.25, 0.3) is 0 Å². The molecule has 1 atom stereocenters. The van der Waals surface area contributed by atoms with Gasteiger partial charge in [0, 0.05) is 12.2 Å². The van der Waals surface area contributed by atoms with Crippen molar-refractivity contribution in [2.75, 3.05) is 18.5 Å². The summed E-state index contributed by atoms with van der Waals surface area (Å²) in [5.74, 6) is 0.716. The number of nitrogens with zero attached hydrogens (tertiary/aromatic N) is 2. The van der Waals surface area contributed by atoms with Gasteiger partial charge in [-0.15, -0.1) is 0 Å². The van der Waals surface area contributed by atoms with Crippen molar-refractivity contribution >= 4 is 16.6 Å². The van der Waals surface area contributed by atoms with Crippen LogP contribution in [-0.4, -0.2) is 34.1 Å². The minimum absolute atomic E-state index is 0.204. The van der Waals surface area contributed by atoms with Crippen LogP contribution in [0.2, 0.25) is 0 Å². The van der Waals surface area contributed by atoms with Gasteiger partial charge in [0.2, 0.25) is 0 Å². The zero-order valence-corrected chi connectivity index (χ0v) is 14.8. The predicted molar refractivity (Wildman–Crippen MR) is 108 cm³/mol. The van der Waals surface area contributed by atoms with E-state index in [0.29, 0.717) is 12.3 Å². The molecule has 4 aromatic rings. The van der Waals surface area contributed by atoms with Crippen molar-refractivity contribution in [1.29, 1.82) is 0 Å². The summed E-state index contributed by atoms with van der Waals surface area (Å²) >= 11 is 0. The number of aliphatic hydroxyl groups is 1. The molecule has 0 fully saturated rings. The van der Waals surface area contributed by atoms with E-state index in [1.54, 1.807) is 6.20 Å². The molecule has 3 aromatic carbocycles. The maximum atomic E-state index is 10.2. The first-order valence-corrected chi connectivity index (χ1v) is 8.93. The summed E-state index contributed by atoms with van der Waals surface area (Å²) in [6.45, 7) is 0.624. The monoisotopic (exact) mass is 359 g/mol. The average Bonchev–Trinajstić information content (AvgIpc) is 3.17. The molecule has 5 nitrogen and oxygen atoms in total. The van der Waals surface area contributed by atoms with Gasteiger partial charge in [-0.3, -0.25) is 0 Å². The Morgan fingerprint density at radius 3 is 2.44 bits per heavy atom. The number of benzene rings is 3. The number of anilines is 1. The number of rotatable bonds is 7. The van der Waals surface area contributed by atoms with Crippen molar-refractivity contribution in [1.82, 2.24) is 9.78 Å². The van der Waals surface area contributed by atoms with Gasteiger partial charge >= 0.3 is 0 Å². The third-order valence-corrected chi connectivity index (χ3v) is 4.32. The van der Waals surface area contributed by atoms with Crippen LogP contribution in [0.5, 0.6) is 5.75 Å². The van der Waals surface area contributed by atoms with Crippen LogP contribution in [0.3, 0.4) is 0 Å². The predicted octanol–water partition coefficient (Wildman–Crippen LogP) is 3.88. The van der Waals surface area contributed by atoms with E-state index in [1.165, 1.54) is 0 Å². The minimum atomic E-state index is -0.621. The van der Waals surface area contributed by atoms with E-state index in [0.717, 1.165) is 22.3 Å². The summed E-state index contributed by atoms with van der Waals surface area (Å²) in [4.78, 5) is 0. The molecule has 0 saturated heterocycles. The highest BCUT2D eigenvalue weighted by atomic mass is 16.5. The van der Waals surface area contributed by atoms with Gasteiger partial charge in [0.15, 0.2) is 0 Å². The molecule has 2 N–H and O–H groups in total. The Hall–Kier alpha value is -3.31. The topological polar surface area (TPSA) is 59.3 Å². The Morgan fingerprint density at radius 1 is 0.926 bits per heavy atom. The van der Waals surface area contributed by atoms with E-state index in [1.807, 2.05) is 83.5 Å². The summed E-state index contributed by atoms with van der Waals surface area (Å²) in [6, 6.07) is 25.6. The number of nitrogens with one attached hydrogen (secondary N) is 1. The molecule has 0 spiro atoms. The molecule has 0 bridgehead atoms. The normalized spacial score (nSPS) is 12.0. The maximum absolute atomic E-state index is 10.2. The molecule has 0 saturated carbocycles. The lowest BCUT2D eigenvalue weighted by Gasteiger charge is -2.14. The van der Waals surface area contributed by atoms with Gasteiger partial charge in [-0.25, -0.2) is 4.68 Å². The number of aliphatic hydroxyl groups excluding tert-OH is 1. The number of fused-ring (bicyclic) bond motifs is 1. The summed E-state index contributed by atoms with van der Waals surface area (Å²) < 4.78 is 7.76. The SMILES string of the molecule is OC(CNc1ccccc1)COc1cccc2c1cnn2-c1ccccc1. The van der Waals surface area contributed by atoms with Crippen LogP contribution in [0.1, 0.15) is 0 Å². The molecule has 0 radical (unpaired) electrons. The summed E-state index contributed by atoms with van der Waals surface area (Å²) in [7, 11) is 0. The largest absolute Gasteiger partial charge is 0.490 e. The zero-order valence-electron chi connectivity index (χ0n) is 14.8. The third kappa shape index (κ3) is 3.93. The Bertz CT molecular complexity index is 1000. The summed E-state index contributed by atoms with van der Waals surface area (Å²) in [5.41, 5.74) is 2.94. The van der Waals surface area contributed by atoms with Crippen molar-refractivity contribution in [3.63, 3.8) is 0 Å². The van der Waals surface area contributed by atoms with Crippen molar-refractivity contribution < 1.29 is 9.84 Å². The van der Waals surface area contributed by atoms with E-state index in [9.17, 15) is 5.11 Å². The molecule has 0 aliphatic heterocycles. The van der Waals surface area contributed by atoms with E-state index in [-0.39, 0.29) is 6.61 Å². The molecular weight excluding hydrogens is 338 g/mol. The molecule has 0 aliphatic carbocycles. The van der Waals surface area contributed by atoms with E-state index >= 15 is 0 Å². The van der Waals surface area contributed by atoms with Gasteiger partial charge in [0.05, 0.1) is 22.8 Å². The fraction of sp³-hybridized carbons (Fsp3) is 0.136. The molecule has 0 aliphatic rings. The number of hydrogen-bond acceptors (Lipinski definition) is 4. The van der Waals surface area contributed by atoms with Crippen LogP contribution >= 0.6 is 0 Å². The molecular formula is C22H21N3O2. The lowest BCUT2D eigenvalue weighted by atomic mass is 10.2. The molecule has 1 unspecified atom stereocenters. The highest BCUT2D eigenvalue weighted by molar-refractivity contribution is 5.86. The van der Waals surface area contributed by atoms with E-state index in [4.69, 9.17) is 4.74 Å². The van der Waals surface area contributed by atoms with Crippen LogP contribution < -0.4 is 10.1 Å². The highest BCUT2D eigenvalue weighted by Crippen LogP contribution is 2.27. The lowest BCUT2D eigenvalue weighted by molar-refractivity contribution is 0.118. The molecule has 5 heteroatoms. The van der Waals surface area contributed by atoms with Gasteiger partial charge in [-0.05, 0) is 36.4 Å². The second-order valence-electron chi connectivity index (χ2n) is 6.29. The first kappa shape index (κ1) is 17.1. The fourth-order valence-electron chi connectivity index (χ4n) is 2.96. The Morgan fingerprint density at radius 2 is 1.67 bits per heavy atom. The quantitative estimate of drug-likeness (QED) is 0.526. The Labute approximate surface area is 157 Å². The molecule has 1 heterocycles. The van der Waals surface area contributed by atoms with Crippen LogP contribution in [0.4, 0.5) is 5.69 Å². The summed E-state index contributed by atoms with van der Waals surface area (Å²) in [5, 5.41) is 18.8. The van der Waals surface area contributed by atoms with Crippen LogP contribution in [-0.2, 0) is 0 Å². The first-order chi connectivity index (χ1) is 13.3. The summed E-state index contributed by atoms with van der Waals surface area (Å²) in [6.07, 6.45) is 1.18. The van der Waals surface area contributed by atoms with Crippen molar-refractivity contribution in [3.8, 4) is 11.4 Å². The second-order valence-corrected chi connectivity index (χ2v) is 6.29. The molecule has 27 heavy (non-hydrogen) atoms. The highest BCUT2D eigenvalue weighted by Gasteiger charge is 2.11. The number of hydrogen-bond donors (Lipinski definition) is 2. The smallest absolute Gasteiger partial charge is 0.130 e. The van der Waals surface area contributed by atoms with Gasteiger partial charge < -0.3 is 15.2 Å². The molecule has 1 aromatic heterocycles. The number of para-hydroxylation sites is 2. The maximum Gasteiger partial charge on any atom is 0.130 e. The van der Waals surface area contributed by atoms with Crippen molar-refractivity contribution in [2.24, 2.45) is 0 Å². The van der Waals surface area contributed by atoms with Crippen LogP contribution in [0.25, 0.3) is 16.6 Å². The standard InChI is InChI=1S/C22H21N3O2/c26-19(14-23-17-8-3-1-4-9-17)16-27-22-13-7-12-21-20(22)15-24-25(21)18-10-5-2-6-11-18/h1-13,15,19,23,26H,14,16H2. The van der Waals surface area contributed by atoms with Crippen LogP contribution in [0.15, 0.2) is 85.1 Å². The number of aromatic nitrogens is 2. The fourth-order valence-corrected chi connectivity index (χ4v) is 2.96.